The molecule has 5 N–H and O–H groups in total. The van der Waals surface area contributed by atoms with Crippen LogP contribution >= 0.6 is 15.9 Å². The van der Waals surface area contributed by atoms with Crippen LogP contribution in [0.15, 0.2) is 33.0 Å². The molecule has 0 saturated carbocycles. The highest BCUT2D eigenvalue weighted by molar-refractivity contribution is 9.10. The van der Waals surface area contributed by atoms with Gasteiger partial charge >= 0.3 is 10.3 Å². The number of hydroxylamine groups is 1. The monoisotopic (exact) mass is 466 g/mol. The van der Waals surface area contributed by atoms with E-state index < -0.39 is 22.3 Å². The van der Waals surface area contributed by atoms with Gasteiger partial charge in [-0.3, -0.25) is 14.8 Å². The topological polar surface area (TPSA) is 148 Å². The fraction of sp³-hybridized carbons (Fsp3) is 0.385. The van der Waals surface area contributed by atoms with Gasteiger partial charge in [0.1, 0.15) is 12.0 Å². The number of oxime groups is 2. The van der Waals surface area contributed by atoms with Crippen LogP contribution < -0.4 is 16.1 Å². The van der Waals surface area contributed by atoms with Crippen LogP contribution in [0.5, 0.6) is 0 Å². The van der Waals surface area contributed by atoms with E-state index in [9.17, 15) is 18.0 Å². The summed E-state index contributed by atoms with van der Waals surface area (Å²) in [6.07, 6.45) is -0.632. The van der Waals surface area contributed by atoms with Crippen molar-refractivity contribution >= 4 is 43.5 Å². The maximum Gasteiger partial charge on any atom is 0.335 e. The molecule has 27 heavy (non-hydrogen) atoms. The molecule has 0 amide bonds. The van der Waals surface area contributed by atoms with E-state index in [1.54, 1.807) is 0 Å². The molecule has 1 saturated heterocycles. The lowest BCUT2D eigenvalue weighted by Crippen LogP contribution is -2.56. The Morgan fingerprint density at radius 1 is 1.52 bits per heavy atom. The van der Waals surface area contributed by atoms with Crippen LogP contribution in [-0.2, 0) is 15.2 Å². The minimum atomic E-state index is -4.16. The second kappa shape index (κ2) is 8.04. The number of hydrogen-bond acceptors (Lipinski definition) is 8. The summed E-state index contributed by atoms with van der Waals surface area (Å²) in [6, 6.07) is 4.15. The number of nitrogens with zero attached hydrogens (tertiary/aromatic N) is 3. The molecule has 1 aromatic rings. The van der Waals surface area contributed by atoms with Gasteiger partial charge in [0.15, 0.2) is 11.5 Å². The smallest absolute Gasteiger partial charge is 0.335 e. The molecule has 0 bridgehead atoms. The molecule has 1 aromatic carbocycles. The number of rotatable bonds is 6. The van der Waals surface area contributed by atoms with Crippen LogP contribution in [0.2, 0.25) is 0 Å². The number of halogens is 2. The summed E-state index contributed by atoms with van der Waals surface area (Å²) < 4.78 is 45.3. The van der Waals surface area contributed by atoms with Gasteiger partial charge in [0, 0.05) is 25.3 Å². The zero-order valence-corrected chi connectivity index (χ0v) is 16.0. The summed E-state index contributed by atoms with van der Waals surface area (Å²) in [5.74, 6) is -0.472. The molecular formula is C13H16BrFN6O5S. The van der Waals surface area contributed by atoms with E-state index in [0.29, 0.717) is 12.2 Å². The van der Waals surface area contributed by atoms with Crippen molar-refractivity contribution in [3.05, 3.63) is 28.5 Å². The van der Waals surface area contributed by atoms with Gasteiger partial charge in [-0.05, 0) is 40.0 Å². The molecule has 0 aromatic heterocycles. The predicted molar refractivity (Wildman–Crippen MR) is 97.0 cm³/mol. The van der Waals surface area contributed by atoms with Gasteiger partial charge < -0.3 is 10.5 Å². The Labute approximate surface area is 162 Å². The Hall–Kier alpha value is -1.84. The SMILES string of the molecule is O=S(=O)(O)N1CC(CNC2NON=C2/C(=N/O)Nc2ccc(F)c(Br)c2)C1. The van der Waals surface area contributed by atoms with Gasteiger partial charge in [-0.1, -0.05) is 10.3 Å². The van der Waals surface area contributed by atoms with Gasteiger partial charge in [0.2, 0.25) is 0 Å². The molecule has 0 aliphatic carbocycles. The molecule has 3 rings (SSSR count). The van der Waals surface area contributed by atoms with Crippen LogP contribution in [0.4, 0.5) is 10.1 Å². The average molecular weight is 467 g/mol. The third-order valence-corrected chi connectivity index (χ3v) is 5.53. The van der Waals surface area contributed by atoms with Crippen molar-refractivity contribution in [2.24, 2.45) is 16.2 Å². The van der Waals surface area contributed by atoms with Crippen LogP contribution in [0, 0.1) is 11.7 Å². The number of hydrogen-bond donors (Lipinski definition) is 5. The number of benzene rings is 1. The summed E-state index contributed by atoms with van der Waals surface area (Å²) in [5, 5.41) is 22.1. The van der Waals surface area contributed by atoms with Crippen molar-refractivity contribution in [3.8, 4) is 0 Å². The lowest BCUT2D eigenvalue weighted by molar-refractivity contribution is 0.0511. The first-order chi connectivity index (χ1) is 12.8. The summed E-state index contributed by atoms with van der Waals surface area (Å²) in [6.45, 7) is 0.774. The van der Waals surface area contributed by atoms with E-state index in [1.807, 2.05) is 0 Å². The lowest BCUT2D eigenvalue weighted by atomic mass is 10.0. The number of nitrogens with one attached hydrogen (secondary N) is 3. The van der Waals surface area contributed by atoms with Crippen molar-refractivity contribution in [1.29, 1.82) is 0 Å². The molecule has 2 heterocycles. The van der Waals surface area contributed by atoms with Crippen LogP contribution in [-0.4, -0.2) is 59.8 Å². The molecule has 0 spiro atoms. The van der Waals surface area contributed by atoms with E-state index in [-0.39, 0.29) is 35.0 Å². The molecule has 0 radical (unpaired) electrons. The highest BCUT2D eigenvalue weighted by atomic mass is 79.9. The quantitative estimate of drug-likeness (QED) is 0.132. The van der Waals surface area contributed by atoms with Crippen molar-refractivity contribution in [2.75, 3.05) is 25.0 Å². The maximum atomic E-state index is 13.3. The summed E-state index contributed by atoms with van der Waals surface area (Å²) in [7, 11) is -4.16. The molecule has 14 heteroatoms. The van der Waals surface area contributed by atoms with Crippen molar-refractivity contribution in [2.45, 2.75) is 6.17 Å². The van der Waals surface area contributed by atoms with Crippen LogP contribution in [0.1, 0.15) is 0 Å². The van der Waals surface area contributed by atoms with Crippen molar-refractivity contribution in [3.63, 3.8) is 0 Å². The van der Waals surface area contributed by atoms with E-state index in [0.717, 1.165) is 4.31 Å². The lowest BCUT2D eigenvalue weighted by Gasteiger charge is -2.36. The molecule has 2 aliphatic rings. The fourth-order valence-corrected chi connectivity index (χ4v) is 3.71. The van der Waals surface area contributed by atoms with E-state index in [2.05, 4.69) is 42.4 Å². The van der Waals surface area contributed by atoms with E-state index in [1.165, 1.54) is 18.2 Å². The van der Waals surface area contributed by atoms with Crippen molar-refractivity contribution < 1.29 is 27.5 Å². The Morgan fingerprint density at radius 2 is 2.26 bits per heavy atom. The second-order valence-corrected chi connectivity index (χ2v) is 8.16. The first-order valence-corrected chi connectivity index (χ1v) is 9.87. The Morgan fingerprint density at radius 3 is 2.89 bits per heavy atom. The highest BCUT2D eigenvalue weighted by Crippen LogP contribution is 2.21. The zero-order valence-electron chi connectivity index (χ0n) is 13.6. The second-order valence-electron chi connectivity index (χ2n) is 5.89. The molecule has 11 nitrogen and oxygen atoms in total. The molecule has 1 atom stereocenters. The van der Waals surface area contributed by atoms with Crippen LogP contribution in [0.25, 0.3) is 0 Å². The van der Waals surface area contributed by atoms with Gasteiger partial charge in [0.05, 0.1) is 4.47 Å². The molecular weight excluding hydrogens is 451 g/mol. The minimum Gasteiger partial charge on any atom is -0.409 e. The first kappa shape index (κ1) is 19.9. The van der Waals surface area contributed by atoms with Crippen molar-refractivity contribution in [1.82, 2.24) is 15.1 Å². The summed E-state index contributed by atoms with van der Waals surface area (Å²) >= 11 is 3.07. The Kier molecular flexibility index (Phi) is 5.92. The molecule has 148 valence electrons. The van der Waals surface area contributed by atoms with Gasteiger partial charge in [0.25, 0.3) is 0 Å². The van der Waals surface area contributed by atoms with Gasteiger partial charge in [-0.25, -0.2) is 4.39 Å². The Balaban J connectivity index is 1.57. The Bertz CT molecular complexity index is 876. The predicted octanol–water partition coefficient (Wildman–Crippen LogP) is 0.329. The zero-order chi connectivity index (χ0) is 19.6. The maximum absolute atomic E-state index is 13.3. The highest BCUT2D eigenvalue weighted by Gasteiger charge is 2.36. The summed E-state index contributed by atoms with van der Waals surface area (Å²) in [5.41, 5.74) is 3.24. The first-order valence-electron chi connectivity index (χ1n) is 7.68. The van der Waals surface area contributed by atoms with Gasteiger partial charge in [-0.15, -0.1) is 5.48 Å². The molecule has 1 fully saturated rings. The normalized spacial score (nSPS) is 21.5. The van der Waals surface area contributed by atoms with Crippen LogP contribution in [0.3, 0.4) is 0 Å². The largest absolute Gasteiger partial charge is 0.409 e. The average Bonchev–Trinajstić information content (AvgIpc) is 3.01. The third kappa shape index (κ3) is 4.72. The number of amidine groups is 1. The third-order valence-electron chi connectivity index (χ3n) is 3.97. The fourth-order valence-electron chi connectivity index (χ4n) is 2.53. The minimum absolute atomic E-state index is 0.00824. The molecule has 2 aliphatic heterocycles. The summed E-state index contributed by atoms with van der Waals surface area (Å²) in [4.78, 5) is 4.82. The standard InChI is InChI=1S/C13H16BrFN6O5S/c14-9-3-8(1-2-10(9)15)17-13(18-22)11-12(20-26-19-11)16-4-7-5-21(6-7)27(23,24)25/h1-3,7,12,16,20,22H,4-6H2,(H,17,18)(H,23,24,25). The van der Waals surface area contributed by atoms with E-state index >= 15 is 0 Å². The van der Waals surface area contributed by atoms with Gasteiger partial charge in [-0.2, -0.15) is 12.7 Å². The molecule has 1 unspecified atom stereocenters. The number of anilines is 1. The van der Waals surface area contributed by atoms with E-state index in [4.69, 9.17) is 9.49 Å².